The molecule has 1 aromatic carbocycles. The molecule has 0 radical (unpaired) electrons. The van der Waals surface area contributed by atoms with E-state index in [1.807, 2.05) is 7.05 Å². The molecular formula is C12H17FN2O2S. The first-order valence-electron chi connectivity index (χ1n) is 5.95. The van der Waals surface area contributed by atoms with Gasteiger partial charge in [0.1, 0.15) is 10.7 Å². The third kappa shape index (κ3) is 2.55. The van der Waals surface area contributed by atoms with E-state index in [9.17, 15) is 12.8 Å². The predicted molar refractivity (Wildman–Crippen MR) is 67.2 cm³/mol. The molecule has 0 amide bonds. The van der Waals surface area contributed by atoms with Gasteiger partial charge < -0.3 is 5.32 Å². The first kappa shape index (κ1) is 13.5. The molecule has 0 saturated carbocycles. The Hall–Kier alpha value is -0.980. The highest BCUT2D eigenvalue weighted by atomic mass is 32.2. The van der Waals surface area contributed by atoms with Gasteiger partial charge in [0.25, 0.3) is 0 Å². The summed E-state index contributed by atoms with van der Waals surface area (Å²) in [6.45, 7) is 1.70. The molecule has 18 heavy (non-hydrogen) atoms. The topological polar surface area (TPSA) is 49.4 Å². The van der Waals surface area contributed by atoms with Gasteiger partial charge in [0, 0.05) is 13.1 Å². The maximum absolute atomic E-state index is 13.6. The zero-order valence-electron chi connectivity index (χ0n) is 10.3. The smallest absolute Gasteiger partial charge is 0.245 e. The van der Waals surface area contributed by atoms with Crippen LogP contribution in [0, 0.1) is 11.7 Å². The van der Waals surface area contributed by atoms with E-state index in [0.29, 0.717) is 19.0 Å². The van der Waals surface area contributed by atoms with Crippen molar-refractivity contribution in [2.75, 3.05) is 26.7 Å². The summed E-state index contributed by atoms with van der Waals surface area (Å²) < 4.78 is 39.5. The Labute approximate surface area is 107 Å². The largest absolute Gasteiger partial charge is 0.319 e. The minimum atomic E-state index is -3.69. The zero-order chi connectivity index (χ0) is 13.2. The lowest BCUT2D eigenvalue weighted by Gasteiger charge is -2.17. The standard InChI is InChI=1S/C12H17FN2O2S/c1-14-8-10-6-7-15(9-10)18(16,17)12-5-3-2-4-11(12)13/h2-5,10,14H,6-9H2,1H3/t10-/m0/s1. The molecule has 6 heteroatoms. The van der Waals surface area contributed by atoms with Gasteiger partial charge in [-0.3, -0.25) is 0 Å². The van der Waals surface area contributed by atoms with Crippen LogP contribution < -0.4 is 5.32 Å². The molecule has 1 aliphatic heterocycles. The normalized spacial score (nSPS) is 21.3. The van der Waals surface area contributed by atoms with Crippen molar-refractivity contribution >= 4 is 10.0 Å². The third-order valence-electron chi connectivity index (χ3n) is 3.20. The summed E-state index contributed by atoms with van der Waals surface area (Å²) in [5.41, 5.74) is 0. The van der Waals surface area contributed by atoms with Crippen molar-refractivity contribution < 1.29 is 12.8 Å². The molecule has 0 spiro atoms. The van der Waals surface area contributed by atoms with E-state index < -0.39 is 15.8 Å². The number of hydrogen-bond acceptors (Lipinski definition) is 3. The SMILES string of the molecule is CNC[C@@H]1CCN(S(=O)(=O)c2ccccc2F)C1. The average molecular weight is 272 g/mol. The van der Waals surface area contributed by atoms with Gasteiger partial charge in [0.05, 0.1) is 0 Å². The fourth-order valence-electron chi connectivity index (χ4n) is 2.26. The van der Waals surface area contributed by atoms with Crippen LogP contribution in [0.3, 0.4) is 0 Å². The molecule has 1 atom stereocenters. The van der Waals surface area contributed by atoms with Crippen molar-refractivity contribution in [2.45, 2.75) is 11.3 Å². The second kappa shape index (κ2) is 5.34. The van der Waals surface area contributed by atoms with Crippen molar-refractivity contribution in [2.24, 2.45) is 5.92 Å². The Bertz CT molecular complexity index is 519. The molecule has 1 aliphatic rings. The molecule has 0 aliphatic carbocycles. The molecule has 0 aromatic heterocycles. The number of sulfonamides is 1. The molecule has 1 heterocycles. The van der Waals surface area contributed by atoms with E-state index in [0.717, 1.165) is 13.0 Å². The van der Waals surface area contributed by atoms with E-state index >= 15 is 0 Å². The molecule has 100 valence electrons. The summed E-state index contributed by atoms with van der Waals surface area (Å²) >= 11 is 0. The van der Waals surface area contributed by atoms with Crippen LogP contribution in [0.15, 0.2) is 29.2 Å². The summed E-state index contributed by atoms with van der Waals surface area (Å²) in [7, 11) is -1.85. The van der Waals surface area contributed by atoms with Gasteiger partial charge in [-0.2, -0.15) is 4.31 Å². The Balaban J connectivity index is 2.21. The second-order valence-corrected chi connectivity index (χ2v) is 6.41. The van der Waals surface area contributed by atoms with E-state index in [2.05, 4.69) is 5.32 Å². The highest BCUT2D eigenvalue weighted by Gasteiger charge is 2.33. The van der Waals surface area contributed by atoms with E-state index in [1.54, 1.807) is 0 Å². The monoisotopic (exact) mass is 272 g/mol. The highest BCUT2D eigenvalue weighted by Crippen LogP contribution is 2.25. The van der Waals surface area contributed by atoms with Crippen LogP contribution in [0.4, 0.5) is 4.39 Å². The molecule has 1 saturated heterocycles. The lowest BCUT2D eigenvalue weighted by molar-refractivity contribution is 0.446. The molecular weight excluding hydrogens is 255 g/mol. The van der Waals surface area contributed by atoms with Gasteiger partial charge in [-0.05, 0) is 38.1 Å². The van der Waals surface area contributed by atoms with Gasteiger partial charge in [0.15, 0.2) is 0 Å². The Morgan fingerprint density at radius 3 is 2.83 bits per heavy atom. The Morgan fingerprint density at radius 1 is 1.44 bits per heavy atom. The third-order valence-corrected chi connectivity index (χ3v) is 5.09. The van der Waals surface area contributed by atoms with Crippen LogP contribution in [-0.4, -0.2) is 39.4 Å². The molecule has 1 N–H and O–H groups in total. The quantitative estimate of drug-likeness (QED) is 0.891. The minimum Gasteiger partial charge on any atom is -0.319 e. The number of nitrogens with zero attached hydrogens (tertiary/aromatic N) is 1. The van der Waals surface area contributed by atoms with Crippen LogP contribution in [0.5, 0.6) is 0 Å². The van der Waals surface area contributed by atoms with Crippen molar-refractivity contribution in [1.29, 1.82) is 0 Å². The number of halogens is 1. The maximum atomic E-state index is 13.6. The number of hydrogen-bond donors (Lipinski definition) is 1. The van der Waals surface area contributed by atoms with Gasteiger partial charge in [-0.25, -0.2) is 12.8 Å². The van der Waals surface area contributed by atoms with Gasteiger partial charge in [0.2, 0.25) is 10.0 Å². The van der Waals surface area contributed by atoms with Gasteiger partial charge in [-0.15, -0.1) is 0 Å². The maximum Gasteiger partial charge on any atom is 0.245 e. The number of benzene rings is 1. The Morgan fingerprint density at radius 2 is 2.17 bits per heavy atom. The number of rotatable bonds is 4. The first-order chi connectivity index (χ1) is 8.55. The summed E-state index contributed by atoms with van der Waals surface area (Å²) in [6.07, 6.45) is 0.814. The zero-order valence-corrected chi connectivity index (χ0v) is 11.1. The fraction of sp³-hybridized carbons (Fsp3) is 0.500. The summed E-state index contributed by atoms with van der Waals surface area (Å²) in [4.78, 5) is -0.227. The van der Waals surface area contributed by atoms with Gasteiger partial charge in [-0.1, -0.05) is 12.1 Å². The van der Waals surface area contributed by atoms with Crippen LogP contribution in [0.1, 0.15) is 6.42 Å². The van der Waals surface area contributed by atoms with Gasteiger partial charge >= 0.3 is 0 Å². The lowest BCUT2D eigenvalue weighted by Crippen LogP contribution is -2.31. The van der Waals surface area contributed by atoms with Crippen LogP contribution >= 0.6 is 0 Å². The Kier molecular flexibility index (Phi) is 3.99. The van der Waals surface area contributed by atoms with E-state index in [1.165, 1.54) is 28.6 Å². The van der Waals surface area contributed by atoms with E-state index in [4.69, 9.17) is 0 Å². The molecule has 2 rings (SSSR count). The van der Waals surface area contributed by atoms with Crippen molar-refractivity contribution in [3.8, 4) is 0 Å². The molecule has 4 nitrogen and oxygen atoms in total. The number of nitrogens with one attached hydrogen (secondary N) is 1. The van der Waals surface area contributed by atoms with Crippen molar-refractivity contribution in [3.63, 3.8) is 0 Å². The first-order valence-corrected chi connectivity index (χ1v) is 7.39. The highest BCUT2D eigenvalue weighted by molar-refractivity contribution is 7.89. The lowest BCUT2D eigenvalue weighted by atomic mass is 10.1. The molecule has 1 fully saturated rings. The van der Waals surface area contributed by atoms with E-state index in [-0.39, 0.29) is 4.90 Å². The average Bonchev–Trinajstić information content (AvgIpc) is 2.79. The summed E-state index contributed by atoms with van der Waals surface area (Å²) in [6, 6.07) is 5.52. The minimum absolute atomic E-state index is 0.227. The molecule has 0 unspecified atom stereocenters. The van der Waals surface area contributed by atoms with Crippen LogP contribution in [-0.2, 0) is 10.0 Å². The van der Waals surface area contributed by atoms with Crippen LogP contribution in [0.2, 0.25) is 0 Å². The summed E-state index contributed by atoms with van der Waals surface area (Å²) in [5.74, 6) is -0.383. The summed E-state index contributed by atoms with van der Waals surface area (Å²) in [5, 5.41) is 3.04. The second-order valence-electron chi connectivity index (χ2n) is 4.51. The van der Waals surface area contributed by atoms with Crippen LogP contribution in [0.25, 0.3) is 0 Å². The predicted octanol–water partition coefficient (Wildman–Crippen LogP) is 1.06. The molecule has 1 aromatic rings. The van der Waals surface area contributed by atoms with Crippen molar-refractivity contribution in [1.82, 2.24) is 9.62 Å². The fourth-order valence-corrected chi connectivity index (χ4v) is 3.86. The molecule has 0 bridgehead atoms. The van der Waals surface area contributed by atoms with Crippen molar-refractivity contribution in [3.05, 3.63) is 30.1 Å².